The van der Waals surface area contributed by atoms with Crippen molar-refractivity contribution in [2.24, 2.45) is 5.92 Å². The summed E-state index contributed by atoms with van der Waals surface area (Å²) in [7, 11) is 0. The molecular formula is C23H33N5O. The Hall–Kier alpha value is -2.34. The molecule has 2 aliphatic heterocycles. The van der Waals surface area contributed by atoms with E-state index in [9.17, 15) is 4.79 Å². The van der Waals surface area contributed by atoms with Crippen LogP contribution >= 0.6 is 0 Å². The minimum atomic E-state index is 0.139. The van der Waals surface area contributed by atoms with Gasteiger partial charge in [0.2, 0.25) is 5.91 Å². The van der Waals surface area contributed by atoms with Gasteiger partial charge in [0.15, 0.2) is 0 Å². The molecule has 2 fully saturated rings. The van der Waals surface area contributed by atoms with Crippen LogP contribution in [0.3, 0.4) is 0 Å². The van der Waals surface area contributed by atoms with Gasteiger partial charge in [-0.2, -0.15) is 0 Å². The zero-order valence-electron chi connectivity index (χ0n) is 17.3. The lowest BCUT2D eigenvalue weighted by atomic mass is 9.96. The molecule has 0 atom stereocenters. The fraction of sp³-hybridized carbons (Fsp3) is 0.565. The van der Waals surface area contributed by atoms with Gasteiger partial charge in [0.25, 0.3) is 0 Å². The fourth-order valence-corrected chi connectivity index (χ4v) is 4.44. The highest BCUT2D eigenvalue weighted by Gasteiger charge is 2.25. The number of carbonyl (C=O) groups is 1. The third-order valence-corrected chi connectivity index (χ3v) is 6.22. The van der Waals surface area contributed by atoms with E-state index in [2.05, 4.69) is 36.8 Å². The van der Waals surface area contributed by atoms with Crippen LogP contribution in [-0.4, -0.2) is 59.6 Å². The SMILES string of the molecule is O=C(NCCCN1CCCCC1)C1CCN(c2ccc(-n3cccc3)cn2)CC1. The first-order valence-electron chi connectivity index (χ1n) is 11.1. The molecule has 2 aromatic rings. The smallest absolute Gasteiger partial charge is 0.223 e. The highest BCUT2D eigenvalue weighted by atomic mass is 16.1. The van der Waals surface area contributed by atoms with Crippen LogP contribution in [-0.2, 0) is 4.79 Å². The van der Waals surface area contributed by atoms with Crippen LogP contribution in [0.1, 0.15) is 38.5 Å². The lowest BCUT2D eigenvalue weighted by molar-refractivity contribution is -0.125. The highest BCUT2D eigenvalue weighted by Crippen LogP contribution is 2.22. The summed E-state index contributed by atoms with van der Waals surface area (Å²) in [6, 6.07) is 8.20. The molecular weight excluding hydrogens is 362 g/mol. The Bertz CT molecular complexity index is 744. The molecule has 1 amide bonds. The Morgan fingerprint density at radius 3 is 2.48 bits per heavy atom. The van der Waals surface area contributed by atoms with E-state index in [4.69, 9.17) is 0 Å². The number of piperidine rings is 2. The van der Waals surface area contributed by atoms with Gasteiger partial charge in [-0.3, -0.25) is 4.79 Å². The second-order valence-electron chi connectivity index (χ2n) is 8.27. The van der Waals surface area contributed by atoms with Crippen LogP contribution in [0.5, 0.6) is 0 Å². The molecule has 4 heterocycles. The number of carbonyl (C=O) groups excluding carboxylic acids is 1. The van der Waals surface area contributed by atoms with Crippen molar-refractivity contribution in [2.45, 2.75) is 38.5 Å². The van der Waals surface area contributed by atoms with Crippen LogP contribution in [0.2, 0.25) is 0 Å². The van der Waals surface area contributed by atoms with Crippen LogP contribution in [0.15, 0.2) is 42.9 Å². The first-order valence-corrected chi connectivity index (χ1v) is 11.1. The molecule has 0 aliphatic carbocycles. The Labute approximate surface area is 173 Å². The van der Waals surface area contributed by atoms with Gasteiger partial charge in [-0.15, -0.1) is 0 Å². The van der Waals surface area contributed by atoms with E-state index in [1.165, 1.54) is 32.4 Å². The van der Waals surface area contributed by atoms with Crippen LogP contribution < -0.4 is 10.2 Å². The van der Waals surface area contributed by atoms with Crippen molar-refractivity contribution in [3.63, 3.8) is 0 Å². The number of likely N-dealkylation sites (tertiary alicyclic amines) is 1. The number of hydrogen-bond acceptors (Lipinski definition) is 4. The quantitative estimate of drug-likeness (QED) is 0.732. The molecule has 1 N–H and O–H groups in total. The maximum Gasteiger partial charge on any atom is 0.223 e. The van der Waals surface area contributed by atoms with Crippen molar-refractivity contribution >= 4 is 11.7 Å². The Morgan fingerprint density at radius 2 is 1.79 bits per heavy atom. The lowest BCUT2D eigenvalue weighted by Gasteiger charge is -2.32. The summed E-state index contributed by atoms with van der Waals surface area (Å²) >= 11 is 0. The summed E-state index contributed by atoms with van der Waals surface area (Å²) in [5.41, 5.74) is 1.07. The lowest BCUT2D eigenvalue weighted by Crippen LogP contribution is -2.41. The van der Waals surface area contributed by atoms with Crippen LogP contribution in [0.4, 0.5) is 5.82 Å². The van der Waals surface area contributed by atoms with Crippen molar-refractivity contribution in [3.05, 3.63) is 42.9 Å². The monoisotopic (exact) mass is 395 g/mol. The molecule has 2 aromatic heterocycles. The molecule has 2 aliphatic rings. The van der Waals surface area contributed by atoms with Crippen molar-refractivity contribution < 1.29 is 4.79 Å². The van der Waals surface area contributed by atoms with E-state index in [0.717, 1.165) is 56.9 Å². The number of anilines is 1. The predicted molar refractivity (Wildman–Crippen MR) is 116 cm³/mol. The second-order valence-corrected chi connectivity index (χ2v) is 8.27. The summed E-state index contributed by atoms with van der Waals surface area (Å²) in [6.07, 6.45) is 12.8. The number of nitrogens with one attached hydrogen (secondary N) is 1. The highest BCUT2D eigenvalue weighted by molar-refractivity contribution is 5.78. The Balaban J connectivity index is 1.17. The van der Waals surface area contributed by atoms with Gasteiger partial charge in [0.1, 0.15) is 5.82 Å². The average Bonchev–Trinajstić information content (AvgIpc) is 3.33. The molecule has 0 spiro atoms. The molecule has 0 radical (unpaired) electrons. The zero-order chi connectivity index (χ0) is 19.9. The van der Waals surface area contributed by atoms with Crippen molar-refractivity contribution in [1.82, 2.24) is 19.8 Å². The molecule has 0 unspecified atom stereocenters. The molecule has 29 heavy (non-hydrogen) atoms. The van der Waals surface area contributed by atoms with E-state index in [0.29, 0.717) is 0 Å². The Morgan fingerprint density at radius 1 is 1.03 bits per heavy atom. The number of nitrogens with zero attached hydrogens (tertiary/aromatic N) is 4. The van der Waals surface area contributed by atoms with E-state index < -0.39 is 0 Å². The van der Waals surface area contributed by atoms with Crippen molar-refractivity contribution in [3.8, 4) is 5.69 Å². The number of rotatable bonds is 7. The standard InChI is InChI=1S/C23H33N5O/c29-23(24-11-6-14-26-12-2-1-3-13-26)20-9-17-28(18-10-20)22-8-7-21(19-25-22)27-15-4-5-16-27/h4-5,7-8,15-16,19-20H,1-3,6,9-14,17-18H2,(H,24,29). The van der Waals surface area contributed by atoms with E-state index >= 15 is 0 Å². The molecule has 0 bridgehead atoms. The van der Waals surface area contributed by atoms with Crippen LogP contribution in [0.25, 0.3) is 5.69 Å². The van der Waals surface area contributed by atoms with E-state index in [1.807, 2.05) is 30.7 Å². The summed E-state index contributed by atoms with van der Waals surface area (Å²) in [4.78, 5) is 22.0. The maximum absolute atomic E-state index is 12.5. The molecule has 6 nitrogen and oxygen atoms in total. The first kappa shape index (κ1) is 20.0. The molecule has 2 saturated heterocycles. The molecule has 6 heteroatoms. The average molecular weight is 396 g/mol. The van der Waals surface area contributed by atoms with Gasteiger partial charge in [0, 0.05) is 37.9 Å². The minimum Gasteiger partial charge on any atom is -0.357 e. The van der Waals surface area contributed by atoms with Gasteiger partial charge >= 0.3 is 0 Å². The van der Waals surface area contributed by atoms with Gasteiger partial charge < -0.3 is 19.7 Å². The molecule has 0 aromatic carbocycles. The second kappa shape index (κ2) is 9.92. The zero-order valence-corrected chi connectivity index (χ0v) is 17.3. The maximum atomic E-state index is 12.5. The Kier molecular flexibility index (Phi) is 6.83. The van der Waals surface area contributed by atoms with Crippen molar-refractivity contribution in [2.75, 3.05) is 44.2 Å². The topological polar surface area (TPSA) is 53.4 Å². The number of aromatic nitrogens is 2. The summed E-state index contributed by atoms with van der Waals surface area (Å²) in [5, 5.41) is 3.17. The molecule has 0 saturated carbocycles. The fourth-order valence-electron chi connectivity index (χ4n) is 4.44. The van der Waals surface area contributed by atoms with Gasteiger partial charge in [0.05, 0.1) is 11.9 Å². The largest absolute Gasteiger partial charge is 0.357 e. The third kappa shape index (κ3) is 5.38. The van der Waals surface area contributed by atoms with Gasteiger partial charge in [-0.05, 0) is 76.0 Å². The van der Waals surface area contributed by atoms with Gasteiger partial charge in [-0.25, -0.2) is 4.98 Å². The molecule has 156 valence electrons. The molecule has 4 rings (SSSR count). The number of amides is 1. The summed E-state index contributed by atoms with van der Waals surface area (Å²) in [5.74, 6) is 1.38. The number of pyridine rings is 1. The third-order valence-electron chi connectivity index (χ3n) is 6.22. The van der Waals surface area contributed by atoms with Gasteiger partial charge in [-0.1, -0.05) is 6.42 Å². The van der Waals surface area contributed by atoms with Crippen molar-refractivity contribution in [1.29, 1.82) is 0 Å². The first-order chi connectivity index (χ1) is 14.3. The van der Waals surface area contributed by atoms with E-state index in [1.54, 1.807) is 0 Å². The normalized spacial score (nSPS) is 18.7. The number of hydrogen-bond donors (Lipinski definition) is 1. The summed E-state index contributed by atoms with van der Waals surface area (Å²) in [6.45, 7) is 6.16. The summed E-state index contributed by atoms with van der Waals surface area (Å²) < 4.78 is 2.05. The van der Waals surface area contributed by atoms with Crippen LogP contribution in [0, 0.1) is 5.92 Å². The van der Waals surface area contributed by atoms with E-state index in [-0.39, 0.29) is 11.8 Å². The minimum absolute atomic E-state index is 0.139. The predicted octanol–water partition coefficient (Wildman–Crippen LogP) is 3.08.